The van der Waals surface area contributed by atoms with E-state index in [-0.39, 0.29) is 0 Å². The number of rotatable bonds is 7. The van der Waals surface area contributed by atoms with Crippen molar-refractivity contribution in [2.24, 2.45) is 0 Å². The highest BCUT2D eigenvalue weighted by Crippen LogP contribution is 2.17. The van der Waals surface area contributed by atoms with Crippen LogP contribution in [0.3, 0.4) is 0 Å². The van der Waals surface area contributed by atoms with E-state index < -0.39 is 16.6 Å². The van der Waals surface area contributed by atoms with Crippen molar-refractivity contribution in [2.45, 2.75) is 39.3 Å². The van der Waals surface area contributed by atoms with Crippen LogP contribution < -0.4 is 0 Å². The Hall–Kier alpha value is -0.886. The van der Waals surface area contributed by atoms with Crippen molar-refractivity contribution >= 4 is 16.6 Å². The van der Waals surface area contributed by atoms with Gasteiger partial charge in [-0.05, 0) is 39.3 Å². The van der Waals surface area contributed by atoms with E-state index in [9.17, 15) is 0 Å². The first-order chi connectivity index (χ1) is 8.07. The van der Waals surface area contributed by atoms with Crippen molar-refractivity contribution in [3.63, 3.8) is 0 Å². The molecule has 0 spiro atoms. The van der Waals surface area contributed by atoms with Crippen LogP contribution in [0, 0.1) is 0 Å². The van der Waals surface area contributed by atoms with Crippen molar-refractivity contribution in [1.82, 2.24) is 0 Å². The Morgan fingerprint density at radius 3 is 1.67 bits per heavy atom. The molecule has 4 nitrogen and oxygen atoms in total. The molecule has 0 saturated carbocycles. The predicted octanol–water partition coefficient (Wildman–Crippen LogP) is 3.67. The zero-order valence-electron chi connectivity index (χ0n) is 12.8. The van der Waals surface area contributed by atoms with E-state index in [1.54, 1.807) is 26.6 Å². The highest BCUT2D eigenvalue weighted by atomic mass is 28.4. The van der Waals surface area contributed by atoms with Gasteiger partial charge in [0.15, 0.2) is 0 Å². The third-order valence-corrected chi connectivity index (χ3v) is 3.19. The monoisotopic (exact) mass is 290 g/mol. The molecule has 0 aromatic rings. The summed E-state index contributed by atoms with van der Waals surface area (Å²) >= 11 is 0. The summed E-state index contributed by atoms with van der Waals surface area (Å²) in [5.74, 6) is 1.10. The minimum atomic E-state index is -1.70. The van der Waals surface area contributed by atoms with Gasteiger partial charge in [-0.3, -0.25) is 0 Å². The first kappa shape index (κ1) is 17.1. The average molecular weight is 291 g/mol. The summed E-state index contributed by atoms with van der Waals surface area (Å²) in [5, 5.41) is 0. The molecule has 106 valence electrons. The van der Waals surface area contributed by atoms with Crippen molar-refractivity contribution in [3.05, 3.63) is 24.0 Å². The molecule has 0 amide bonds. The van der Waals surface area contributed by atoms with Crippen LogP contribution in [0.1, 0.15) is 0 Å². The molecule has 0 aromatic heterocycles. The van der Waals surface area contributed by atoms with Crippen LogP contribution in [0.5, 0.6) is 0 Å². The SMILES string of the molecule is CO/C=C(/C=C(\OC)O[Si](C)(C)C)O[Si](C)(C)C. The predicted molar refractivity (Wildman–Crippen MR) is 79.0 cm³/mol. The normalized spacial score (nSPS) is 14.2. The minimum Gasteiger partial charge on any atom is -0.542 e. The van der Waals surface area contributed by atoms with Gasteiger partial charge in [-0.25, -0.2) is 0 Å². The van der Waals surface area contributed by atoms with Gasteiger partial charge in [0.05, 0.1) is 20.3 Å². The molecule has 0 rings (SSSR count). The lowest BCUT2D eigenvalue weighted by molar-refractivity contribution is 0.145. The van der Waals surface area contributed by atoms with E-state index in [0.717, 1.165) is 0 Å². The number of ether oxygens (including phenoxy) is 2. The third-order valence-electron chi connectivity index (χ3n) is 1.53. The molecule has 0 aliphatic heterocycles. The Kier molecular flexibility index (Phi) is 6.55. The maximum atomic E-state index is 5.88. The van der Waals surface area contributed by atoms with Gasteiger partial charge < -0.3 is 18.3 Å². The van der Waals surface area contributed by atoms with Gasteiger partial charge in [-0.15, -0.1) is 0 Å². The van der Waals surface area contributed by atoms with E-state index in [1.165, 1.54) is 0 Å². The molecule has 0 atom stereocenters. The molecule has 6 heteroatoms. The Balaban J connectivity index is 4.96. The summed E-state index contributed by atoms with van der Waals surface area (Å²) in [5.41, 5.74) is 0. The fourth-order valence-corrected chi connectivity index (χ4v) is 2.67. The van der Waals surface area contributed by atoms with Crippen LogP contribution in [0.4, 0.5) is 0 Å². The lowest BCUT2D eigenvalue weighted by Crippen LogP contribution is -2.26. The molecule has 0 unspecified atom stereocenters. The molecule has 0 N–H and O–H groups in total. The number of hydrogen-bond acceptors (Lipinski definition) is 4. The van der Waals surface area contributed by atoms with E-state index in [1.807, 2.05) is 0 Å². The second-order valence-corrected chi connectivity index (χ2v) is 14.7. The minimum absolute atomic E-state index is 0.468. The van der Waals surface area contributed by atoms with Crippen molar-refractivity contribution in [3.8, 4) is 0 Å². The van der Waals surface area contributed by atoms with E-state index >= 15 is 0 Å². The van der Waals surface area contributed by atoms with E-state index in [2.05, 4.69) is 39.3 Å². The van der Waals surface area contributed by atoms with Gasteiger partial charge in [0.1, 0.15) is 12.0 Å². The second-order valence-electron chi connectivity index (χ2n) is 5.85. The number of methoxy groups -OCH3 is 2. The van der Waals surface area contributed by atoms with Crippen molar-refractivity contribution in [2.75, 3.05) is 14.2 Å². The van der Waals surface area contributed by atoms with Crippen LogP contribution in [-0.2, 0) is 18.3 Å². The quantitative estimate of drug-likeness (QED) is 0.407. The standard InChI is InChI=1S/C12H26O4Si2/c1-13-10-11(15-17(3,4)5)9-12(14-2)16-18(6,7)8/h9-10H,1-8H3/b11-10-,12-9+. The van der Waals surface area contributed by atoms with Crippen molar-refractivity contribution in [1.29, 1.82) is 0 Å². The van der Waals surface area contributed by atoms with Gasteiger partial charge in [-0.2, -0.15) is 0 Å². The molecule has 0 bridgehead atoms. The Bertz CT molecular complexity index is 311. The molecular weight excluding hydrogens is 264 g/mol. The zero-order valence-corrected chi connectivity index (χ0v) is 14.8. The highest BCUT2D eigenvalue weighted by molar-refractivity contribution is 6.70. The molecular formula is C12H26O4Si2. The maximum Gasteiger partial charge on any atom is 0.268 e. The fraction of sp³-hybridized carbons (Fsp3) is 0.667. The summed E-state index contributed by atoms with van der Waals surface area (Å²) in [7, 11) is -0.205. The van der Waals surface area contributed by atoms with Gasteiger partial charge >= 0.3 is 0 Å². The summed E-state index contributed by atoms with van der Waals surface area (Å²) < 4.78 is 21.9. The maximum absolute atomic E-state index is 5.88. The second kappa shape index (κ2) is 6.89. The van der Waals surface area contributed by atoms with Crippen LogP contribution in [0.2, 0.25) is 39.3 Å². The molecule has 0 radical (unpaired) electrons. The largest absolute Gasteiger partial charge is 0.542 e. The molecule has 0 heterocycles. The fourth-order valence-electron chi connectivity index (χ4n) is 1.11. The summed E-state index contributed by atoms with van der Waals surface area (Å²) in [6, 6.07) is 0. The van der Waals surface area contributed by atoms with Gasteiger partial charge in [0.2, 0.25) is 16.6 Å². The number of hydrogen-bond donors (Lipinski definition) is 0. The Morgan fingerprint density at radius 1 is 0.833 bits per heavy atom. The first-order valence-electron chi connectivity index (χ1n) is 5.94. The molecule has 0 aromatic carbocycles. The van der Waals surface area contributed by atoms with E-state index in [0.29, 0.717) is 11.7 Å². The molecule has 0 fully saturated rings. The smallest absolute Gasteiger partial charge is 0.268 e. The van der Waals surface area contributed by atoms with E-state index in [4.69, 9.17) is 18.3 Å². The van der Waals surface area contributed by atoms with Crippen LogP contribution in [0.25, 0.3) is 0 Å². The molecule has 0 aliphatic rings. The molecule has 0 saturated heterocycles. The Labute approximate surface area is 113 Å². The lowest BCUT2D eigenvalue weighted by Gasteiger charge is -2.23. The Morgan fingerprint density at radius 2 is 1.33 bits per heavy atom. The average Bonchev–Trinajstić information content (AvgIpc) is 2.12. The van der Waals surface area contributed by atoms with Crippen LogP contribution in [0.15, 0.2) is 24.0 Å². The number of allylic oxidation sites excluding steroid dienone is 1. The third kappa shape index (κ3) is 9.18. The lowest BCUT2D eigenvalue weighted by atomic mass is 10.5. The first-order valence-corrected chi connectivity index (χ1v) is 12.8. The van der Waals surface area contributed by atoms with Crippen LogP contribution in [-0.4, -0.2) is 30.9 Å². The topological polar surface area (TPSA) is 36.9 Å². The van der Waals surface area contributed by atoms with Gasteiger partial charge in [0, 0.05) is 0 Å². The highest BCUT2D eigenvalue weighted by Gasteiger charge is 2.21. The van der Waals surface area contributed by atoms with Crippen molar-refractivity contribution < 1.29 is 18.3 Å². The van der Waals surface area contributed by atoms with Gasteiger partial charge in [0.25, 0.3) is 5.95 Å². The van der Waals surface area contributed by atoms with Gasteiger partial charge in [-0.1, -0.05) is 0 Å². The molecule has 0 aliphatic carbocycles. The molecule has 18 heavy (non-hydrogen) atoms. The zero-order chi connectivity index (χ0) is 14.4. The summed E-state index contributed by atoms with van der Waals surface area (Å²) in [4.78, 5) is 0. The van der Waals surface area contributed by atoms with Crippen LogP contribution >= 0.6 is 0 Å². The summed E-state index contributed by atoms with van der Waals surface area (Å²) in [6.07, 6.45) is 3.30. The summed E-state index contributed by atoms with van der Waals surface area (Å²) in [6.45, 7) is 12.6.